The number of carboxylic acids is 1. The molecule has 5 nitrogen and oxygen atoms in total. The Morgan fingerprint density at radius 3 is 2.38 bits per heavy atom. The van der Waals surface area contributed by atoms with Gasteiger partial charge >= 0.3 is 12.0 Å². The number of aliphatic carboxylic acids is 1. The van der Waals surface area contributed by atoms with E-state index in [1.54, 1.807) is 4.90 Å². The first-order valence-electron chi connectivity index (χ1n) is 8.28. The second-order valence-electron chi connectivity index (χ2n) is 7.25. The van der Waals surface area contributed by atoms with Crippen molar-refractivity contribution in [3.05, 3.63) is 0 Å². The molecular weight excluding hydrogens is 268 g/mol. The third-order valence-electron chi connectivity index (χ3n) is 5.70. The van der Waals surface area contributed by atoms with Crippen LogP contribution < -0.4 is 5.32 Å². The van der Waals surface area contributed by atoms with Crippen molar-refractivity contribution in [3.63, 3.8) is 0 Å². The van der Waals surface area contributed by atoms with Crippen LogP contribution in [0.25, 0.3) is 0 Å². The summed E-state index contributed by atoms with van der Waals surface area (Å²) in [5.41, 5.74) is 0. The lowest BCUT2D eigenvalue weighted by Gasteiger charge is -2.27. The largest absolute Gasteiger partial charge is 0.481 e. The predicted molar refractivity (Wildman–Crippen MR) is 78.8 cm³/mol. The van der Waals surface area contributed by atoms with Crippen LogP contribution in [-0.2, 0) is 4.79 Å². The monoisotopic (exact) mass is 294 g/mol. The molecule has 4 unspecified atom stereocenters. The van der Waals surface area contributed by atoms with Gasteiger partial charge in [-0.3, -0.25) is 4.79 Å². The van der Waals surface area contributed by atoms with E-state index in [2.05, 4.69) is 5.32 Å². The summed E-state index contributed by atoms with van der Waals surface area (Å²) in [7, 11) is 0. The number of urea groups is 1. The number of nitrogens with one attached hydrogen (secondary N) is 1. The lowest BCUT2D eigenvalue weighted by molar-refractivity contribution is -0.137. The van der Waals surface area contributed by atoms with Crippen LogP contribution in [0.4, 0.5) is 4.79 Å². The molecule has 2 amide bonds. The van der Waals surface area contributed by atoms with E-state index >= 15 is 0 Å². The molecule has 5 heteroatoms. The fourth-order valence-electron chi connectivity index (χ4n) is 4.74. The Hall–Kier alpha value is -1.26. The standard InChI is InChI=1S/C16H26N2O3/c1-9(2)18(7-3-4-12(19)20)16(21)17-15-13-10-5-6-11(8-10)14(13)15/h9-11,13-15H,3-8H2,1-2H3,(H,17,21)(H,19,20). The number of hydrogen-bond donors (Lipinski definition) is 2. The number of rotatable bonds is 6. The summed E-state index contributed by atoms with van der Waals surface area (Å²) in [5, 5.41) is 11.9. The van der Waals surface area contributed by atoms with Gasteiger partial charge in [-0.05, 0) is 63.2 Å². The van der Waals surface area contributed by atoms with E-state index in [1.807, 2.05) is 13.8 Å². The first kappa shape index (κ1) is 14.7. The van der Waals surface area contributed by atoms with Crippen molar-refractivity contribution in [2.75, 3.05) is 6.54 Å². The average Bonchev–Trinajstić information content (AvgIpc) is 2.82. The number of hydrogen-bond acceptors (Lipinski definition) is 2. The van der Waals surface area contributed by atoms with Crippen molar-refractivity contribution in [2.24, 2.45) is 23.7 Å². The molecule has 3 rings (SSSR count). The molecule has 0 aliphatic heterocycles. The summed E-state index contributed by atoms with van der Waals surface area (Å²) in [6.07, 6.45) is 4.72. The van der Waals surface area contributed by atoms with E-state index in [0.29, 0.717) is 19.0 Å². The van der Waals surface area contributed by atoms with E-state index in [9.17, 15) is 9.59 Å². The second-order valence-corrected chi connectivity index (χ2v) is 7.25. The number of nitrogens with zero attached hydrogens (tertiary/aromatic N) is 1. The average molecular weight is 294 g/mol. The van der Waals surface area contributed by atoms with E-state index in [-0.39, 0.29) is 18.5 Å². The fourth-order valence-corrected chi connectivity index (χ4v) is 4.74. The molecule has 2 bridgehead atoms. The molecule has 3 saturated carbocycles. The van der Waals surface area contributed by atoms with Crippen molar-refractivity contribution in [1.29, 1.82) is 0 Å². The molecule has 3 fully saturated rings. The zero-order chi connectivity index (χ0) is 15.1. The van der Waals surface area contributed by atoms with Gasteiger partial charge in [0, 0.05) is 25.0 Å². The van der Waals surface area contributed by atoms with Crippen LogP contribution >= 0.6 is 0 Å². The second kappa shape index (κ2) is 5.50. The SMILES string of the molecule is CC(C)N(CCCC(=O)O)C(=O)NC1C2C3CCC(C3)C12. The molecule has 0 aromatic heterocycles. The predicted octanol–water partition coefficient (Wildman–Crippen LogP) is 2.32. The lowest BCUT2D eigenvalue weighted by atomic mass is 10.0. The van der Waals surface area contributed by atoms with E-state index in [1.165, 1.54) is 19.3 Å². The molecule has 3 aliphatic carbocycles. The molecule has 0 heterocycles. The summed E-state index contributed by atoms with van der Waals surface area (Å²) in [6.45, 7) is 4.49. The molecule has 0 radical (unpaired) electrons. The van der Waals surface area contributed by atoms with Crippen LogP contribution in [0.2, 0.25) is 0 Å². The number of amides is 2. The summed E-state index contributed by atoms with van der Waals surface area (Å²) in [5.74, 6) is 2.38. The number of carbonyl (C=O) groups is 2. The Kier molecular flexibility index (Phi) is 3.84. The van der Waals surface area contributed by atoms with Crippen LogP contribution in [0.3, 0.4) is 0 Å². The highest BCUT2D eigenvalue weighted by Crippen LogP contribution is 2.65. The van der Waals surface area contributed by atoms with Gasteiger partial charge in [-0.25, -0.2) is 4.79 Å². The number of carboxylic acid groups (broad SMARTS) is 1. The van der Waals surface area contributed by atoms with E-state index in [0.717, 1.165) is 23.7 Å². The van der Waals surface area contributed by atoms with Gasteiger partial charge in [0.1, 0.15) is 0 Å². The number of carbonyl (C=O) groups excluding carboxylic acids is 1. The van der Waals surface area contributed by atoms with Crippen molar-refractivity contribution >= 4 is 12.0 Å². The Bertz CT molecular complexity index is 421. The molecule has 4 atom stereocenters. The molecule has 2 N–H and O–H groups in total. The van der Waals surface area contributed by atoms with Gasteiger partial charge in [0.25, 0.3) is 0 Å². The number of fused-ring (bicyclic) bond motifs is 5. The molecule has 0 aromatic carbocycles. The first-order chi connectivity index (χ1) is 9.99. The van der Waals surface area contributed by atoms with Crippen molar-refractivity contribution in [1.82, 2.24) is 10.2 Å². The summed E-state index contributed by atoms with van der Waals surface area (Å²) >= 11 is 0. The summed E-state index contributed by atoms with van der Waals surface area (Å²) in [6, 6.07) is 0.493. The van der Waals surface area contributed by atoms with E-state index < -0.39 is 5.97 Å². The summed E-state index contributed by atoms with van der Waals surface area (Å²) < 4.78 is 0. The maximum Gasteiger partial charge on any atom is 0.317 e. The fraction of sp³-hybridized carbons (Fsp3) is 0.875. The highest BCUT2D eigenvalue weighted by Gasteiger charge is 2.65. The maximum absolute atomic E-state index is 12.4. The molecule has 0 saturated heterocycles. The third-order valence-corrected chi connectivity index (χ3v) is 5.70. The molecular formula is C16H26N2O3. The maximum atomic E-state index is 12.4. The van der Waals surface area contributed by atoms with Gasteiger partial charge in [0.05, 0.1) is 0 Å². The molecule has 118 valence electrons. The molecule has 21 heavy (non-hydrogen) atoms. The Balaban J connectivity index is 1.50. The van der Waals surface area contributed by atoms with Crippen LogP contribution in [0.5, 0.6) is 0 Å². The highest BCUT2D eigenvalue weighted by molar-refractivity contribution is 5.75. The Morgan fingerprint density at radius 1 is 1.24 bits per heavy atom. The van der Waals surface area contributed by atoms with Gasteiger partial charge in [-0.1, -0.05) is 0 Å². The highest BCUT2D eigenvalue weighted by atomic mass is 16.4. The van der Waals surface area contributed by atoms with Crippen molar-refractivity contribution in [2.45, 2.75) is 58.0 Å². The third kappa shape index (κ3) is 2.74. The quantitative estimate of drug-likeness (QED) is 0.790. The van der Waals surface area contributed by atoms with Gasteiger partial charge in [0.2, 0.25) is 0 Å². The van der Waals surface area contributed by atoms with Crippen LogP contribution in [-0.4, -0.2) is 40.6 Å². The molecule has 3 aliphatic rings. The van der Waals surface area contributed by atoms with Crippen molar-refractivity contribution in [3.8, 4) is 0 Å². The van der Waals surface area contributed by atoms with Crippen LogP contribution in [0, 0.1) is 23.7 Å². The van der Waals surface area contributed by atoms with Crippen molar-refractivity contribution < 1.29 is 14.7 Å². The van der Waals surface area contributed by atoms with Gasteiger partial charge < -0.3 is 15.3 Å². The minimum Gasteiger partial charge on any atom is -0.481 e. The first-order valence-corrected chi connectivity index (χ1v) is 8.28. The Morgan fingerprint density at radius 2 is 1.86 bits per heavy atom. The zero-order valence-electron chi connectivity index (χ0n) is 12.9. The zero-order valence-corrected chi connectivity index (χ0v) is 12.9. The van der Waals surface area contributed by atoms with Gasteiger partial charge in [0.15, 0.2) is 0 Å². The van der Waals surface area contributed by atoms with Gasteiger partial charge in [-0.2, -0.15) is 0 Å². The van der Waals surface area contributed by atoms with Crippen LogP contribution in [0.1, 0.15) is 46.0 Å². The molecule has 0 aromatic rings. The minimum atomic E-state index is -0.799. The summed E-state index contributed by atoms with van der Waals surface area (Å²) in [4.78, 5) is 24.8. The topological polar surface area (TPSA) is 69.6 Å². The van der Waals surface area contributed by atoms with E-state index in [4.69, 9.17) is 5.11 Å². The molecule has 0 spiro atoms. The Labute approximate surface area is 126 Å². The normalized spacial score (nSPS) is 35.7. The van der Waals surface area contributed by atoms with Gasteiger partial charge in [-0.15, -0.1) is 0 Å². The lowest BCUT2D eigenvalue weighted by Crippen LogP contribution is -2.46. The smallest absolute Gasteiger partial charge is 0.317 e. The minimum absolute atomic E-state index is 0.00538. The van der Waals surface area contributed by atoms with Crippen LogP contribution in [0.15, 0.2) is 0 Å².